The van der Waals surface area contributed by atoms with Gasteiger partial charge in [0.2, 0.25) is 0 Å². The molecule has 0 saturated heterocycles. The highest BCUT2D eigenvalue weighted by Crippen LogP contribution is 2.02. The largest absolute Gasteiger partial charge is 0.383 e. The third-order valence-electron chi connectivity index (χ3n) is 2.48. The number of nitrogens with zero attached hydrogens (tertiary/aromatic N) is 2. The molecule has 0 spiro atoms. The summed E-state index contributed by atoms with van der Waals surface area (Å²) in [6, 6.07) is 1.58. The van der Waals surface area contributed by atoms with Gasteiger partial charge < -0.3 is 10.1 Å². The van der Waals surface area contributed by atoms with Crippen molar-refractivity contribution < 1.29 is 4.74 Å². The molecule has 0 fully saturated rings. The van der Waals surface area contributed by atoms with Crippen LogP contribution in [-0.4, -0.2) is 29.5 Å². The summed E-state index contributed by atoms with van der Waals surface area (Å²) in [5.74, 6) is 1.04. The monoisotopic (exact) mass is 267 g/mol. The summed E-state index contributed by atoms with van der Waals surface area (Å²) in [4.78, 5) is 11.8. The summed E-state index contributed by atoms with van der Waals surface area (Å²) in [5, 5.41) is 7.32. The molecule has 0 bridgehead atoms. The molecule has 1 heterocycles. The lowest BCUT2D eigenvalue weighted by Gasteiger charge is -2.10. The molecule has 0 aliphatic rings. The van der Waals surface area contributed by atoms with Crippen LogP contribution in [0.25, 0.3) is 0 Å². The van der Waals surface area contributed by atoms with E-state index in [4.69, 9.17) is 4.74 Å². The van der Waals surface area contributed by atoms with Gasteiger partial charge in [-0.2, -0.15) is 5.10 Å². The second-order valence-corrected chi connectivity index (χ2v) is 5.55. The van der Waals surface area contributed by atoms with Crippen LogP contribution in [0, 0.1) is 11.8 Å². The van der Waals surface area contributed by atoms with Crippen LogP contribution in [0.15, 0.2) is 17.1 Å². The molecule has 0 amide bonds. The van der Waals surface area contributed by atoms with Crippen LogP contribution < -0.4 is 10.9 Å². The Labute approximate surface area is 115 Å². The predicted octanol–water partition coefficient (Wildman–Crippen LogP) is 1.98. The Hall–Kier alpha value is -1.36. The lowest BCUT2D eigenvalue weighted by atomic mass is 10.2. The van der Waals surface area contributed by atoms with E-state index in [0.29, 0.717) is 31.6 Å². The summed E-state index contributed by atoms with van der Waals surface area (Å²) in [5.41, 5.74) is 0.681. The number of rotatable bonds is 8. The Morgan fingerprint density at radius 1 is 1.32 bits per heavy atom. The van der Waals surface area contributed by atoms with Gasteiger partial charge in [-0.15, -0.1) is 0 Å². The molecule has 19 heavy (non-hydrogen) atoms. The van der Waals surface area contributed by atoms with E-state index in [2.05, 4.69) is 38.1 Å². The predicted molar refractivity (Wildman–Crippen MR) is 77.5 cm³/mol. The Balaban J connectivity index is 2.46. The molecule has 1 aromatic rings. The van der Waals surface area contributed by atoms with E-state index in [0.717, 1.165) is 12.2 Å². The zero-order chi connectivity index (χ0) is 14.3. The van der Waals surface area contributed by atoms with Gasteiger partial charge in [0.15, 0.2) is 0 Å². The number of ether oxygens (including phenoxy) is 1. The standard InChI is InChI=1S/C14H25N3O2/c1-11(2)8-15-13-7-14(18)17(16-9-13)5-6-19-10-12(3)4/h7,9,11-12,15H,5-6,8,10H2,1-4H3. The molecule has 5 nitrogen and oxygen atoms in total. The highest BCUT2D eigenvalue weighted by Gasteiger charge is 2.01. The van der Waals surface area contributed by atoms with Crippen molar-refractivity contribution in [3.05, 3.63) is 22.6 Å². The van der Waals surface area contributed by atoms with Crippen molar-refractivity contribution >= 4 is 5.69 Å². The maximum atomic E-state index is 11.8. The minimum Gasteiger partial charge on any atom is -0.383 e. The first-order valence-corrected chi connectivity index (χ1v) is 6.87. The zero-order valence-corrected chi connectivity index (χ0v) is 12.3. The van der Waals surface area contributed by atoms with E-state index in [1.165, 1.54) is 4.68 Å². The lowest BCUT2D eigenvalue weighted by Crippen LogP contribution is -2.25. The van der Waals surface area contributed by atoms with E-state index >= 15 is 0 Å². The Morgan fingerprint density at radius 2 is 2.05 bits per heavy atom. The summed E-state index contributed by atoms with van der Waals surface area (Å²) in [7, 11) is 0. The number of hydrogen-bond donors (Lipinski definition) is 1. The van der Waals surface area contributed by atoms with Crippen LogP contribution in [-0.2, 0) is 11.3 Å². The van der Waals surface area contributed by atoms with Gasteiger partial charge in [0.05, 0.1) is 25.0 Å². The number of anilines is 1. The molecule has 0 radical (unpaired) electrons. The van der Waals surface area contributed by atoms with Gasteiger partial charge in [-0.25, -0.2) is 4.68 Å². The van der Waals surface area contributed by atoms with Crippen LogP contribution in [0.2, 0.25) is 0 Å². The Bertz CT molecular complexity index is 427. The van der Waals surface area contributed by atoms with Gasteiger partial charge in [0.25, 0.3) is 5.56 Å². The molecular formula is C14H25N3O2. The smallest absolute Gasteiger partial charge is 0.268 e. The van der Waals surface area contributed by atoms with Crippen LogP contribution in [0.4, 0.5) is 5.69 Å². The summed E-state index contributed by atoms with van der Waals surface area (Å²) >= 11 is 0. The van der Waals surface area contributed by atoms with Crippen LogP contribution >= 0.6 is 0 Å². The first kappa shape index (κ1) is 15.7. The molecule has 1 rings (SSSR count). The molecule has 5 heteroatoms. The van der Waals surface area contributed by atoms with Crippen LogP contribution in [0.1, 0.15) is 27.7 Å². The molecule has 0 unspecified atom stereocenters. The number of aromatic nitrogens is 2. The lowest BCUT2D eigenvalue weighted by molar-refractivity contribution is 0.100. The number of nitrogens with one attached hydrogen (secondary N) is 1. The Morgan fingerprint density at radius 3 is 2.63 bits per heavy atom. The van der Waals surface area contributed by atoms with Gasteiger partial charge in [0, 0.05) is 19.2 Å². The van der Waals surface area contributed by atoms with E-state index in [1.54, 1.807) is 12.3 Å². The molecule has 108 valence electrons. The van der Waals surface area contributed by atoms with E-state index in [9.17, 15) is 4.79 Å². The van der Waals surface area contributed by atoms with E-state index in [-0.39, 0.29) is 5.56 Å². The third kappa shape index (κ3) is 6.38. The van der Waals surface area contributed by atoms with Crippen LogP contribution in [0.3, 0.4) is 0 Å². The van der Waals surface area contributed by atoms with Crippen molar-refractivity contribution in [2.24, 2.45) is 11.8 Å². The SMILES string of the molecule is CC(C)CNc1cnn(CCOCC(C)C)c(=O)c1. The first-order chi connectivity index (χ1) is 8.99. The molecular weight excluding hydrogens is 242 g/mol. The second kappa shape index (κ2) is 7.94. The fraction of sp³-hybridized carbons (Fsp3) is 0.714. The summed E-state index contributed by atoms with van der Waals surface area (Å²) in [6.07, 6.45) is 1.69. The molecule has 0 aromatic carbocycles. The molecule has 0 aliphatic carbocycles. The molecule has 1 N–H and O–H groups in total. The van der Waals surface area contributed by atoms with Crippen LogP contribution in [0.5, 0.6) is 0 Å². The minimum atomic E-state index is -0.0955. The molecule has 0 aliphatic heterocycles. The topological polar surface area (TPSA) is 56.1 Å². The van der Waals surface area contributed by atoms with Gasteiger partial charge in [0.1, 0.15) is 0 Å². The molecule has 1 aromatic heterocycles. The maximum Gasteiger partial charge on any atom is 0.268 e. The minimum absolute atomic E-state index is 0.0955. The van der Waals surface area contributed by atoms with Crippen molar-refractivity contribution in [3.8, 4) is 0 Å². The highest BCUT2D eigenvalue weighted by atomic mass is 16.5. The zero-order valence-electron chi connectivity index (χ0n) is 12.3. The van der Waals surface area contributed by atoms with Crippen molar-refractivity contribution in [3.63, 3.8) is 0 Å². The molecule has 0 atom stereocenters. The second-order valence-electron chi connectivity index (χ2n) is 5.55. The Kier molecular flexibility index (Phi) is 6.56. The normalized spacial score (nSPS) is 11.3. The summed E-state index contributed by atoms with van der Waals surface area (Å²) < 4.78 is 6.88. The quantitative estimate of drug-likeness (QED) is 0.732. The third-order valence-corrected chi connectivity index (χ3v) is 2.48. The van der Waals surface area contributed by atoms with Crippen molar-refractivity contribution in [1.29, 1.82) is 0 Å². The summed E-state index contributed by atoms with van der Waals surface area (Å²) in [6.45, 7) is 11.0. The van der Waals surface area contributed by atoms with Gasteiger partial charge in [-0.05, 0) is 11.8 Å². The van der Waals surface area contributed by atoms with Crippen molar-refractivity contribution in [2.75, 3.05) is 25.1 Å². The van der Waals surface area contributed by atoms with Gasteiger partial charge in [-0.3, -0.25) is 4.79 Å². The average molecular weight is 267 g/mol. The van der Waals surface area contributed by atoms with Crippen molar-refractivity contribution in [1.82, 2.24) is 9.78 Å². The van der Waals surface area contributed by atoms with Crippen molar-refractivity contribution in [2.45, 2.75) is 34.2 Å². The maximum absolute atomic E-state index is 11.8. The number of hydrogen-bond acceptors (Lipinski definition) is 4. The fourth-order valence-corrected chi connectivity index (χ4v) is 1.49. The van der Waals surface area contributed by atoms with E-state index < -0.39 is 0 Å². The van der Waals surface area contributed by atoms with Gasteiger partial charge in [-0.1, -0.05) is 27.7 Å². The highest BCUT2D eigenvalue weighted by molar-refractivity contribution is 5.38. The van der Waals surface area contributed by atoms with Gasteiger partial charge >= 0.3 is 0 Å². The first-order valence-electron chi connectivity index (χ1n) is 6.87. The van der Waals surface area contributed by atoms with E-state index in [1.807, 2.05) is 0 Å². The fourth-order valence-electron chi connectivity index (χ4n) is 1.49. The average Bonchev–Trinajstić information content (AvgIpc) is 2.33. The molecule has 0 saturated carbocycles.